The largest absolute Gasteiger partial charge is 0.453 e. The third-order valence-corrected chi connectivity index (χ3v) is 10.1. The van der Waals surface area contributed by atoms with Gasteiger partial charge in [-0.25, -0.2) is 4.79 Å². The predicted octanol–water partition coefficient (Wildman–Crippen LogP) is 3.81. The van der Waals surface area contributed by atoms with Gasteiger partial charge in [-0.3, -0.25) is 4.79 Å². The van der Waals surface area contributed by atoms with Crippen LogP contribution in [0.3, 0.4) is 0 Å². The van der Waals surface area contributed by atoms with E-state index in [4.69, 9.17) is 4.74 Å². The van der Waals surface area contributed by atoms with Crippen LogP contribution in [0.4, 0.5) is 0 Å². The van der Waals surface area contributed by atoms with Gasteiger partial charge in [0.25, 0.3) is 0 Å². The summed E-state index contributed by atoms with van der Waals surface area (Å²) in [6.07, 6.45) is 6.49. The van der Waals surface area contributed by atoms with Crippen LogP contribution >= 0.6 is 0 Å². The lowest BCUT2D eigenvalue weighted by molar-refractivity contribution is -0.253. The van der Waals surface area contributed by atoms with E-state index in [1.165, 1.54) is 12.8 Å². The van der Waals surface area contributed by atoms with E-state index in [-0.39, 0.29) is 27.7 Å². The molecule has 4 rings (SSSR count). The third kappa shape index (κ3) is 2.87. The van der Waals surface area contributed by atoms with Crippen molar-refractivity contribution in [2.75, 3.05) is 0 Å². The summed E-state index contributed by atoms with van der Waals surface area (Å²) in [6, 6.07) is 0. The number of aldehydes is 1. The SMILES string of the molecule is CC1(C)CCCC2(C)C1CCC1(C)C2CC(O)C2(C)OC(=O)C(=CC=O)C(O)CC12. The maximum Gasteiger partial charge on any atom is 0.337 e. The zero-order chi connectivity index (χ0) is 22.1. The van der Waals surface area contributed by atoms with E-state index in [1.807, 2.05) is 6.92 Å². The molecule has 0 spiro atoms. The van der Waals surface area contributed by atoms with Crippen LogP contribution in [0.5, 0.6) is 0 Å². The van der Waals surface area contributed by atoms with Gasteiger partial charge in [0, 0.05) is 5.92 Å². The van der Waals surface area contributed by atoms with Crippen molar-refractivity contribution >= 4 is 12.3 Å². The monoisotopic (exact) mass is 418 g/mol. The maximum atomic E-state index is 12.7. The molecule has 0 aromatic heterocycles. The molecule has 0 amide bonds. The first-order chi connectivity index (χ1) is 13.9. The summed E-state index contributed by atoms with van der Waals surface area (Å²) < 4.78 is 5.90. The molecule has 4 fully saturated rings. The number of hydrogen-bond donors (Lipinski definition) is 2. The van der Waals surface area contributed by atoms with E-state index in [0.29, 0.717) is 31.0 Å². The molecule has 1 saturated heterocycles. The minimum Gasteiger partial charge on any atom is -0.453 e. The Kier molecular flexibility index (Phi) is 5.06. The first kappa shape index (κ1) is 22.0. The number of allylic oxidation sites excluding steroid dienone is 1. The lowest BCUT2D eigenvalue weighted by atomic mass is 9.37. The summed E-state index contributed by atoms with van der Waals surface area (Å²) in [4.78, 5) is 23.8. The maximum absolute atomic E-state index is 12.7. The Hall–Kier alpha value is -1.20. The molecule has 168 valence electrons. The zero-order valence-electron chi connectivity index (χ0n) is 19.1. The smallest absolute Gasteiger partial charge is 0.337 e. The van der Waals surface area contributed by atoms with Gasteiger partial charge in [0.15, 0.2) is 0 Å². The highest BCUT2D eigenvalue weighted by Crippen LogP contribution is 2.70. The standard InChI is InChI=1S/C25H38O5/c1-22(2)9-6-10-23(3)17(22)7-11-24(4)18(23)14-20(28)25(5)19(24)13-16(27)15(8-12-26)21(29)30-25/h8,12,16-20,27-28H,6-7,9-11,13-14H2,1-5H3. The molecule has 8 atom stereocenters. The highest BCUT2D eigenvalue weighted by Gasteiger charge is 2.68. The zero-order valence-corrected chi connectivity index (χ0v) is 19.1. The number of rotatable bonds is 1. The molecule has 0 aromatic rings. The Balaban J connectivity index is 1.79. The third-order valence-electron chi connectivity index (χ3n) is 10.1. The lowest BCUT2D eigenvalue weighted by Gasteiger charge is -2.68. The number of carbonyl (C=O) groups is 2. The topological polar surface area (TPSA) is 83.8 Å². The summed E-state index contributed by atoms with van der Waals surface area (Å²) in [5.74, 6) is 0.0634. The second-order valence-electron chi connectivity index (χ2n) is 11.9. The van der Waals surface area contributed by atoms with Crippen molar-refractivity contribution in [3.63, 3.8) is 0 Å². The van der Waals surface area contributed by atoms with Crippen LogP contribution in [-0.2, 0) is 14.3 Å². The molecule has 5 nitrogen and oxygen atoms in total. The van der Waals surface area contributed by atoms with Crippen molar-refractivity contribution < 1.29 is 24.5 Å². The first-order valence-corrected chi connectivity index (χ1v) is 11.6. The van der Waals surface area contributed by atoms with Gasteiger partial charge in [-0.05, 0) is 79.6 Å². The summed E-state index contributed by atoms with van der Waals surface area (Å²) in [5, 5.41) is 22.2. The van der Waals surface area contributed by atoms with Crippen molar-refractivity contribution in [2.45, 2.75) is 97.4 Å². The molecule has 3 saturated carbocycles. The van der Waals surface area contributed by atoms with Gasteiger partial charge < -0.3 is 14.9 Å². The van der Waals surface area contributed by atoms with E-state index in [1.54, 1.807) is 0 Å². The Bertz CT molecular complexity index is 772. The summed E-state index contributed by atoms with van der Waals surface area (Å²) >= 11 is 0. The second-order valence-corrected chi connectivity index (χ2v) is 11.9. The van der Waals surface area contributed by atoms with Crippen LogP contribution in [0, 0.1) is 34.0 Å². The Morgan fingerprint density at radius 2 is 1.60 bits per heavy atom. The van der Waals surface area contributed by atoms with E-state index < -0.39 is 23.8 Å². The molecule has 2 N–H and O–H groups in total. The van der Waals surface area contributed by atoms with Gasteiger partial charge >= 0.3 is 5.97 Å². The Morgan fingerprint density at radius 1 is 0.933 bits per heavy atom. The normalized spacial score (nSPS) is 51.8. The quantitative estimate of drug-likeness (QED) is 0.384. The molecule has 0 radical (unpaired) electrons. The average Bonchev–Trinajstić information content (AvgIpc) is 2.74. The number of aliphatic hydroxyl groups excluding tert-OH is 2. The average molecular weight is 419 g/mol. The fourth-order valence-electron chi connectivity index (χ4n) is 8.63. The van der Waals surface area contributed by atoms with Crippen LogP contribution in [-0.4, -0.2) is 40.3 Å². The van der Waals surface area contributed by atoms with Crippen molar-refractivity contribution in [3.05, 3.63) is 11.6 Å². The number of hydrogen-bond acceptors (Lipinski definition) is 5. The predicted molar refractivity (Wildman–Crippen MR) is 113 cm³/mol. The molecular formula is C25H38O5. The Morgan fingerprint density at radius 3 is 2.27 bits per heavy atom. The van der Waals surface area contributed by atoms with Gasteiger partial charge in [-0.1, -0.05) is 34.1 Å². The van der Waals surface area contributed by atoms with E-state index in [2.05, 4.69) is 27.7 Å². The molecule has 4 aliphatic rings. The van der Waals surface area contributed by atoms with Crippen molar-refractivity contribution in [3.8, 4) is 0 Å². The lowest BCUT2D eigenvalue weighted by Crippen LogP contribution is -2.67. The minimum absolute atomic E-state index is 0.00618. The van der Waals surface area contributed by atoms with Crippen molar-refractivity contribution in [1.82, 2.24) is 0 Å². The number of esters is 1. The van der Waals surface area contributed by atoms with Crippen LogP contribution in [0.15, 0.2) is 11.6 Å². The number of aliphatic hydroxyl groups is 2. The molecular weight excluding hydrogens is 380 g/mol. The molecule has 0 bridgehead atoms. The van der Waals surface area contributed by atoms with Crippen LogP contribution in [0.25, 0.3) is 0 Å². The molecule has 1 aliphatic heterocycles. The highest BCUT2D eigenvalue weighted by molar-refractivity contribution is 5.94. The molecule has 8 unspecified atom stereocenters. The number of carbonyl (C=O) groups excluding carboxylic acids is 2. The van der Waals surface area contributed by atoms with Gasteiger partial charge in [-0.2, -0.15) is 0 Å². The number of fused-ring (bicyclic) bond motifs is 5. The van der Waals surface area contributed by atoms with Gasteiger partial charge in [-0.15, -0.1) is 0 Å². The van der Waals surface area contributed by atoms with Gasteiger partial charge in [0.1, 0.15) is 11.9 Å². The molecule has 30 heavy (non-hydrogen) atoms. The fourth-order valence-corrected chi connectivity index (χ4v) is 8.63. The summed E-state index contributed by atoms with van der Waals surface area (Å²) in [5.41, 5.74) is -0.791. The van der Waals surface area contributed by atoms with Crippen LogP contribution in [0.1, 0.15) is 79.6 Å². The van der Waals surface area contributed by atoms with Gasteiger partial charge in [0.05, 0.1) is 17.8 Å². The van der Waals surface area contributed by atoms with Crippen LogP contribution < -0.4 is 0 Å². The Labute approximate surface area is 180 Å². The molecule has 5 heteroatoms. The highest BCUT2D eigenvalue weighted by atomic mass is 16.6. The van der Waals surface area contributed by atoms with E-state index >= 15 is 0 Å². The van der Waals surface area contributed by atoms with E-state index in [0.717, 1.165) is 25.3 Å². The van der Waals surface area contributed by atoms with Crippen LogP contribution in [0.2, 0.25) is 0 Å². The van der Waals surface area contributed by atoms with Crippen molar-refractivity contribution in [1.29, 1.82) is 0 Å². The van der Waals surface area contributed by atoms with E-state index in [9.17, 15) is 19.8 Å². The molecule has 1 heterocycles. The minimum atomic E-state index is -1.06. The number of ether oxygens (including phenoxy) is 1. The van der Waals surface area contributed by atoms with Gasteiger partial charge in [0.2, 0.25) is 0 Å². The second kappa shape index (κ2) is 6.90. The van der Waals surface area contributed by atoms with Crippen molar-refractivity contribution in [2.24, 2.45) is 34.0 Å². The molecule has 3 aliphatic carbocycles. The summed E-state index contributed by atoms with van der Waals surface area (Å²) in [7, 11) is 0. The molecule has 0 aromatic carbocycles. The fraction of sp³-hybridized carbons (Fsp3) is 0.840. The summed E-state index contributed by atoms with van der Waals surface area (Å²) in [6.45, 7) is 11.3. The first-order valence-electron chi connectivity index (χ1n) is 11.6.